The van der Waals surface area contributed by atoms with Crippen molar-refractivity contribution >= 4 is 39.0 Å². The second-order valence-electron chi connectivity index (χ2n) is 4.97. The first kappa shape index (κ1) is 13.9. The molecule has 2 aromatic rings. The van der Waals surface area contributed by atoms with E-state index in [0.29, 0.717) is 6.54 Å². The van der Waals surface area contributed by atoms with Gasteiger partial charge in [-0.05, 0) is 40.2 Å². The van der Waals surface area contributed by atoms with Crippen LogP contribution < -0.4 is 15.1 Å². The summed E-state index contributed by atoms with van der Waals surface area (Å²) in [5.74, 6) is 0. The van der Waals surface area contributed by atoms with Crippen LogP contribution in [0.2, 0.25) is 0 Å². The summed E-state index contributed by atoms with van der Waals surface area (Å²) in [4.78, 5) is 16.5. The molecule has 1 heterocycles. The summed E-state index contributed by atoms with van der Waals surface area (Å²) in [7, 11) is 2.04. The predicted octanol–water partition coefficient (Wildman–Crippen LogP) is 3.94. The van der Waals surface area contributed by atoms with E-state index in [-0.39, 0.29) is 6.03 Å². The van der Waals surface area contributed by atoms with Gasteiger partial charge in [0.05, 0.1) is 17.1 Å². The van der Waals surface area contributed by atoms with E-state index in [0.717, 1.165) is 28.1 Å². The second kappa shape index (κ2) is 5.77. The number of nitrogens with zero attached hydrogens (tertiary/aromatic N) is 2. The maximum Gasteiger partial charge on any atom is 0.326 e. The number of hydrogen-bond donors (Lipinski definition) is 1. The number of amides is 2. The Morgan fingerprint density at radius 2 is 1.71 bits per heavy atom. The van der Waals surface area contributed by atoms with E-state index in [9.17, 15) is 4.79 Å². The van der Waals surface area contributed by atoms with Crippen LogP contribution in [0.1, 0.15) is 0 Å². The van der Waals surface area contributed by atoms with Crippen LogP contribution in [-0.2, 0) is 0 Å². The van der Waals surface area contributed by atoms with Crippen molar-refractivity contribution in [3.05, 3.63) is 53.0 Å². The maximum absolute atomic E-state index is 12.6. The number of urea groups is 1. The first-order valence-corrected chi connectivity index (χ1v) is 7.59. The van der Waals surface area contributed by atoms with E-state index in [1.807, 2.05) is 55.6 Å². The SMILES string of the molecule is CN1CCN(C(=O)Nc2ccccc2Br)c2ccccc21. The topological polar surface area (TPSA) is 35.6 Å². The quantitative estimate of drug-likeness (QED) is 0.849. The first-order valence-electron chi connectivity index (χ1n) is 6.80. The molecular weight excluding hydrogens is 330 g/mol. The molecule has 5 heteroatoms. The number of rotatable bonds is 1. The smallest absolute Gasteiger partial charge is 0.326 e. The van der Waals surface area contributed by atoms with E-state index in [2.05, 4.69) is 26.1 Å². The molecule has 0 saturated carbocycles. The minimum Gasteiger partial charge on any atom is -0.371 e. The summed E-state index contributed by atoms with van der Waals surface area (Å²) in [6.45, 7) is 1.49. The Morgan fingerprint density at radius 3 is 2.48 bits per heavy atom. The monoisotopic (exact) mass is 345 g/mol. The van der Waals surface area contributed by atoms with Crippen molar-refractivity contribution < 1.29 is 4.79 Å². The van der Waals surface area contributed by atoms with Crippen LogP contribution >= 0.6 is 15.9 Å². The molecule has 0 atom stereocenters. The lowest BCUT2D eigenvalue weighted by Crippen LogP contribution is -2.44. The number of carbonyl (C=O) groups is 1. The third kappa shape index (κ3) is 2.74. The molecule has 0 aliphatic carbocycles. The van der Waals surface area contributed by atoms with Gasteiger partial charge in [-0.3, -0.25) is 4.90 Å². The van der Waals surface area contributed by atoms with Crippen LogP contribution in [0.4, 0.5) is 21.9 Å². The van der Waals surface area contributed by atoms with Crippen LogP contribution in [0.15, 0.2) is 53.0 Å². The first-order chi connectivity index (χ1) is 10.2. The van der Waals surface area contributed by atoms with Crippen LogP contribution in [0.3, 0.4) is 0 Å². The van der Waals surface area contributed by atoms with Gasteiger partial charge in [0.2, 0.25) is 0 Å². The highest BCUT2D eigenvalue weighted by Crippen LogP contribution is 2.32. The number of nitrogens with one attached hydrogen (secondary N) is 1. The fraction of sp³-hybridized carbons (Fsp3) is 0.188. The molecule has 1 N–H and O–H groups in total. The molecule has 3 rings (SSSR count). The standard InChI is InChI=1S/C16H16BrN3O/c1-19-10-11-20(15-9-5-4-8-14(15)19)16(21)18-13-7-3-2-6-12(13)17/h2-9H,10-11H2,1H3,(H,18,21). The summed E-state index contributed by atoms with van der Waals surface area (Å²) in [5, 5.41) is 2.96. The molecule has 4 nitrogen and oxygen atoms in total. The molecule has 0 bridgehead atoms. The maximum atomic E-state index is 12.6. The van der Waals surface area contributed by atoms with Crippen molar-refractivity contribution in [2.45, 2.75) is 0 Å². The minimum atomic E-state index is -0.109. The highest BCUT2D eigenvalue weighted by atomic mass is 79.9. The largest absolute Gasteiger partial charge is 0.371 e. The number of halogens is 1. The van der Waals surface area contributed by atoms with Crippen molar-refractivity contribution in [1.29, 1.82) is 0 Å². The number of benzene rings is 2. The Morgan fingerprint density at radius 1 is 1.05 bits per heavy atom. The van der Waals surface area contributed by atoms with Gasteiger partial charge in [0, 0.05) is 24.6 Å². The van der Waals surface area contributed by atoms with Gasteiger partial charge in [-0.15, -0.1) is 0 Å². The van der Waals surface area contributed by atoms with Crippen LogP contribution in [0, 0.1) is 0 Å². The minimum absolute atomic E-state index is 0.109. The van der Waals surface area contributed by atoms with Crippen molar-refractivity contribution in [3.63, 3.8) is 0 Å². The van der Waals surface area contributed by atoms with E-state index in [1.165, 1.54) is 0 Å². The van der Waals surface area contributed by atoms with Crippen molar-refractivity contribution in [3.8, 4) is 0 Å². The lowest BCUT2D eigenvalue weighted by molar-refractivity contribution is 0.257. The number of fused-ring (bicyclic) bond motifs is 1. The normalized spacial score (nSPS) is 13.8. The van der Waals surface area contributed by atoms with Gasteiger partial charge in [0.15, 0.2) is 0 Å². The van der Waals surface area contributed by atoms with E-state index in [4.69, 9.17) is 0 Å². The molecule has 21 heavy (non-hydrogen) atoms. The number of hydrogen-bond acceptors (Lipinski definition) is 2. The molecule has 0 spiro atoms. The predicted molar refractivity (Wildman–Crippen MR) is 90.2 cm³/mol. The zero-order valence-corrected chi connectivity index (χ0v) is 13.3. The number of likely N-dealkylation sites (N-methyl/N-ethyl adjacent to an activating group) is 1. The third-order valence-electron chi connectivity index (χ3n) is 3.60. The van der Waals surface area contributed by atoms with Gasteiger partial charge in [0.1, 0.15) is 0 Å². The molecular formula is C16H16BrN3O. The average molecular weight is 346 g/mol. The summed E-state index contributed by atoms with van der Waals surface area (Å²) in [6.07, 6.45) is 0. The fourth-order valence-electron chi connectivity index (χ4n) is 2.46. The lowest BCUT2D eigenvalue weighted by atomic mass is 10.2. The molecule has 108 valence electrons. The summed E-state index contributed by atoms with van der Waals surface area (Å²) in [6, 6.07) is 15.5. The number of anilines is 3. The fourth-order valence-corrected chi connectivity index (χ4v) is 2.85. The second-order valence-corrected chi connectivity index (χ2v) is 5.83. The molecule has 0 unspecified atom stereocenters. The zero-order chi connectivity index (χ0) is 14.8. The van der Waals surface area contributed by atoms with Gasteiger partial charge in [-0.25, -0.2) is 4.79 Å². The number of carbonyl (C=O) groups excluding carboxylic acids is 1. The van der Waals surface area contributed by atoms with E-state index in [1.54, 1.807) is 4.90 Å². The molecule has 0 saturated heterocycles. The molecule has 0 fully saturated rings. The third-order valence-corrected chi connectivity index (χ3v) is 4.29. The van der Waals surface area contributed by atoms with Crippen LogP contribution in [-0.4, -0.2) is 26.2 Å². The molecule has 1 aliphatic heterocycles. The van der Waals surface area contributed by atoms with Crippen molar-refractivity contribution in [2.75, 3.05) is 35.3 Å². The van der Waals surface area contributed by atoms with Crippen LogP contribution in [0.5, 0.6) is 0 Å². The van der Waals surface area contributed by atoms with Gasteiger partial charge in [-0.1, -0.05) is 24.3 Å². The van der Waals surface area contributed by atoms with Gasteiger partial charge >= 0.3 is 6.03 Å². The van der Waals surface area contributed by atoms with Gasteiger partial charge in [0.25, 0.3) is 0 Å². The van der Waals surface area contributed by atoms with Crippen molar-refractivity contribution in [2.24, 2.45) is 0 Å². The highest BCUT2D eigenvalue weighted by Gasteiger charge is 2.24. The van der Waals surface area contributed by atoms with Gasteiger partial charge < -0.3 is 10.2 Å². The van der Waals surface area contributed by atoms with E-state index >= 15 is 0 Å². The Bertz CT molecular complexity index is 674. The molecule has 0 radical (unpaired) electrons. The number of para-hydroxylation sites is 3. The molecule has 2 aromatic carbocycles. The Balaban J connectivity index is 1.86. The summed E-state index contributed by atoms with van der Waals surface area (Å²) in [5.41, 5.74) is 2.79. The lowest BCUT2D eigenvalue weighted by Gasteiger charge is -2.35. The zero-order valence-electron chi connectivity index (χ0n) is 11.7. The molecule has 2 amide bonds. The van der Waals surface area contributed by atoms with E-state index < -0.39 is 0 Å². The summed E-state index contributed by atoms with van der Waals surface area (Å²) >= 11 is 3.45. The van der Waals surface area contributed by atoms with Crippen LogP contribution in [0.25, 0.3) is 0 Å². The Labute approximate surface area is 132 Å². The highest BCUT2D eigenvalue weighted by molar-refractivity contribution is 9.10. The Kier molecular flexibility index (Phi) is 3.84. The summed E-state index contributed by atoms with van der Waals surface area (Å²) < 4.78 is 0.876. The molecule has 0 aromatic heterocycles. The van der Waals surface area contributed by atoms with Gasteiger partial charge in [-0.2, -0.15) is 0 Å². The molecule has 1 aliphatic rings. The van der Waals surface area contributed by atoms with Crippen molar-refractivity contribution in [1.82, 2.24) is 0 Å². The average Bonchev–Trinajstić information content (AvgIpc) is 2.50. The Hall–Kier alpha value is -2.01.